The second-order valence-electron chi connectivity index (χ2n) is 3.71. The van der Waals surface area contributed by atoms with E-state index in [4.69, 9.17) is 27.6 Å². The van der Waals surface area contributed by atoms with Gasteiger partial charge in [-0.15, -0.1) is 0 Å². The summed E-state index contributed by atoms with van der Waals surface area (Å²) >= 11 is 15.5. The summed E-state index contributed by atoms with van der Waals surface area (Å²) in [6, 6.07) is 1.72. The van der Waals surface area contributed by atoms with Crippen LogP contribution < -0.4 is 5.76 Å². The van der Waals surface area contributed by atoms with Crippen LogP contribution in [0, 0.1) is 6.92 Å². The lowest BCUT2D eigenvalue weighted by atomic mass is 10.2. The molecule has 0 saturated carbocycles. The van der Waals surface area contributed by atoms with Crippen LogP contribution in [0.25, 0.3) is 11.1 Å². The highest BCUT2D eigenvalue weighted by atomic mass is 79.9. The SMILES string of the molecule is Cc1c(Cl)cc2c(oc(=O)n2CCCBr)c1Cl. The van der Waals surface area contributed by atoms with Gasteiger partial charge >= 0.3 is 5.76 Å². The Bertz CT molecular complexity index is 618. The quantitative estimate of drug-likeness (QED) is 0.793. The second kappa shape index (κ2) is 5.04. The van der Waals surface area contributed by atoms with E-state index in [2.05, 4.69) is 15.9 Å². The number of halogens is 3. The number of rotatable bonds is 3. The van der Waals surface area contributed by atoms with Gasteiger partial charge in [-0.25, -0.2) is 4.79 Å². The van der Waals surface area contributed by atoms with Gasteiger partial charge in [-0.1, -0.05) is 39.1 Å². The minimum Gasteiger partial charge on any atom is -0.406 e. The number of hydrogen-bond acceptors (Lipinski definition) is 2. The Morgan fingerprint density at radius 2 is 2.18 bits per heavy atom. The molecule has 0 aliphatic rings. The minimum absolute atomic E-state index is 0.399. The maximum absolute atomic E-state index is 11.7. The van der Waals surface area contributed by atoms with Crippen molar-refractivity contribution in [3.05, 3.63) is 32.2 Å². The van der Waals surface area contributed by atoms with Crippen molar-refractivity contribution in [1.82, 2.24) is 4.57 Å². The summed E-state index contributed by atoms with van der Waals surface area (Å²) in [6.45, 7) is 2.37. The van der Waals surface area contributed by atoms with E-state index in [1.807, 2.05) is 0 Å². The van der Waals surface area contributed by atoms with Crippen molar-refractivity contribution in [1.29, 1.82) is 0 Å². The van der Waals surface area contributed by atoms with E-state index in [0.29, 0.717) is 27.7 Å². The molecule has 0 aliphatic heterocycles. The summed E-state index contributed by atoms with van der Waals surface area (Å²) in [7, 11) is 0. The van der Waals surface area contributed by atoms with Crippen LogP contribution in [-0.2, 0) is 6.54 Å². The Labute approximate surface area is 116 Å². The fraction of sp³-hybridized carbons (Fsp3) is 0.364. The van der Waals surface area contributed by atoms with E-state index in [1.165, 1.54) is 0 Å². The Morgan fingerprint density at radius 1 is 1.47 bits per heavy atom. The van der Waals surface area contributed by atoms with Gasteiger partial charge in [-0.2, -0.15) is 0 Å². The van der Waals surface area contributed by atoms with Crippen molar-refractivity contribution < 1.29 is 4.42 Å². The van der Waals surface area contributed by atoms with Gasteiger partial charge in [0.15, 0.2) is 5.58 Å². The number of fused-ring (bicyclic) bond motifs is 1. The van der Waals surface area contributed by atoms with Gasteiger partial charge in [0.05, 0.1) is 10.5 Å². The summed E-state index contributed by atoms with van der Waals surface area (Å²) in [5.74, 6) is -0.399. The smallest absolute Gasteiger partial charge is 0.406 e. The van der Waals surface area contributed by atoms with Crippen molar-refractivity contribution >= 4 is 50.2 Å². The van der Waals surface area contributed by atoms with E-state index >= 15 is 0 Å². The van der Waals surface area contributed by atoms with Gasteiger partial charge in [0, 0.05) is 16.9 Å². The molecule has 0 bridgehead atoms. The molecule has 0 saturated heterocycles. The zero-order valence-corrected chi connectivity index (χ0v) is 12.2. The molecular weight excluding hydrogens is 329 g/mol. The molecule has 0 amide bonds. The molecule has 0 radical (unpaired) electrons. The van der Waals surface area contributed by atoms with Crippen LogP contribution in [0.4, 0.5) is 0 Å². The molecule has 0 unspecified atom stereocenters. The zero-order chi connectivity index (χ0) is 12.6. The van der Waals surface area contributed by atoms with Crippen molar-refractivity contribution in [2.45, 2.75) is 19.9 Å². The fourth-order valence-corrected chi connectivity index (χ4v) is 2.38. The first-order chi connectivity index (χ1) is 8.06. The Hall–Kier alpha value is -0.450. The van der Waals surface area contributed by atoms with Crippen LogP contribution in [0.5, 0.6) is 0 Å². The number of hydrogen-bond donors (Lipinski definition) is 0. The molecule has 0 N–H and O–H groups in total. The summed E-state index contributed by atoms with van der Waals surface area (Å²) in [4.78, 5) is 11.7. The topological polar surface area (TPSA) is 35.1 Å². The van der Waals surface area contributed by atoms with Gasteiger partial charge in [0.1, 0.15) is 0 Å². The van der Waals surface area contributed by atoms with Crippen LogP contribution in [0.3, 0.4) is 0 Å². The van der Waals surface area contributed by atoms with Crippen LogP contribution in [0.2, 0.25) is 10.0 Å². The number of nitrogens with zero attached hydrogens (tertiary/aromatic N) is 1. The third-order valence-corrected chi connectivity index (χ3v) is 4.01. The number of benzene rings is 1. The number of oxazole rings is 1. The molecule has 1 heterocycles. The summed E-state index contributed by atoms with van der Waals surface area (Å²) in [5, 5.41) is 1.76. The molecule has 1 aromatic heterocycles. The normalized spacial score (nSPS) is 11.3. The van der Waals surface area contributed by atoms with Crippen molar-refractivity contribution in [2.24, 2.45) is 0 Å². The standard InChI is InChI=1S/C11H10BrCl2NO2/c1-6-7(13)5-8-10(9(6)14)17-11(16)15(8)4-2-3-12/h5H,2-4H2,1H3. The van der Waals surface area contributed by atoms with E-state index in [1.54, 1.807) is 17.6 Å². The molecule has 0 fully saturated rings. The van der Waals surface area contributed by atoms with E-state index in [0.717, 1.165) is 17.3 Å². The molecule has 3 nitrogen and oxygen atoms in total. The largest absolute Gasteiger partial charge is 0.420 e. The third kappa shape index (κ3) is 2.26. The van der Waals surface area contributed by atoms with Crippen molar-refractivity contribution in [2.75, 3.05) is 5.33 Å². The lowest BCUT2D eigenvalue weighted by molar-refractivity contribution is 0.503. The lowest BCUT2D eigenvalue weighted by Gasteiger charge is -2.03. The molecule has 2 rings (SSSR count). The maximum atomic E-state index is 11.7. The molecule has 0 spiro atoms. The van der Waals surface area contributed by atoms with E-state index < -0.39 is 5.76 Å². The molecule has 92 valence electrons. The van der Waals surface area contributed by atoms with Crippen LogP contribution in [0.15, 0.2) is 15.3 Å². The highest BCUT2D eigenvalue weighted by molar-refractivity contribution is 9.09. The van der Waals surface area contributed by atoms with E-state index in [9.17, 15) is 4.79 Å². The van der Waals surface area contributed by atoms with Crippen LogP contribution in [-0.4, -0.2) is 9.90 Å². The van der Waals surface area contributed by atoms with Gasteiger partial charge < -0.3 is 4.42 Å². The molecule has 0 atom stereocenters. The first-order valence-electron chi connectivity index (χ1n) is 5.10. The predicted octanol–water partition coefficient (Wildman–Crippen LogP) is 3.99. The van der Waals surface area contributed by atoms with Gasteiger partial charge in [0.2, 0.25) is 0 Å². The number of aryl methyl sites for hydroxylation is 1. The first-order valence-corrected chi connectivity index (χ1v) is 6.98. The predicted molar refractivity (Wildman–Crippen MR) is 73.6 cm³/mol. The monoisotopic (exact) mass is 337 g/mol. The Balaban J connectivity index is 2.70. The minimum atomic E-state index is -0.399. The Morgan fingerprint density at radius 3 is 2.82 bits per heavy atom. The van der Waals surface area contributed by atoms with Gasteiger partial charge in [0.25, 0.3) is 0 Å². The van der Waals surface area contributed by atoms with Gasteiger partial charge in [-0.05, 0) is 25.0 Å². The third-order valence-electron chi connectivity index (χ3n) is 2.60. The molecule has 0 aliphatic carbocycles. The highest BCUT2D eigenvalue weighted by Gasteiger charge is 2.15. The van der Waals surface area contributed by atoms with Gasteiger partial charge in [-0.3, -0.25) is 4.57 Å². The van der Waals surface area contributed by atoms with Crippen LogP contribution in [0.1, 0.15) is 12.0 Å². The summed E-state index contributed by atoms with van der Waals surface area (Å²) in [6.07, 6.45) is 0.831. The fourth-order valence-electron chi connectivity index (χ4n) is 1.65. The highest BCUT2D eigenvalue weighted by Crippen LogP contribution is 2.32. The summed E-state index contributed by atoms with van der Waals surface area (Å²) in [5.41, 5.74) is 1.78. The van der Waals surface area contributed by atoms with Crippen LogP contribution >= 0.6 is 39.1 Å². The number of aromatic nitrogens is 1. The zero-order valence-electron chi connectivity index (χ0n) is 9.10. The molecule has 1 aromatic carbocycles. The van der Waals surface area contributed by atoms with E-state index in [-0.39, 0.29) is 0 Å². The molecule has 6 heteroatoms. The van der Waals surface area contributed by atoms with Crippen molar-refractivity contribution in [3.8, 4) is 0 Å². The molecule has 2 aromatic rings. The Kier molecular flexibility index (Phi) is 3.85. The molecular formula is C11H10BrCl2NO2. The second-order valence-corrected chi connectivity index (χ2v) is 5.29. The number of alkyl halides is 1. The average molecular weight is 339 g/mol. The summed E-state index contributed by atoms with van der Waals surface area (Å²) < 4.78 is 6.71. The van der Waals surface area contributed by atoms with Crippen molar-refractivity contribution in [3.63, 3.8) is 0 Å². The maximum Gasteiger partial charge on any atom is 0.420 e. The molecule has 17 heavy (non-hydrogen) atoms. The lowest BCUT2D eigenvalue weighted by Crippen LogP contribution is -2.14. The average Bonchev–Trinajstić information content (AvgIpc) is 2.61. The first kappa shape index (κ1) is 13.0.